The Hall–Kier alpha value is -2.53. The molecule has 0 heterocycles. The first-order valence-electron chi connectivity index (χ1n) is 8.84. The number of carbonyl (C=O) groups excluding carboxylic acids is 2. The molecule has 0 aliphatic heterocycles. The van der Waals surface area contributed by atoms with Gasteiger partial charge in [-0.2, -0.15) is 0 Å². The van der Waals surface area contributed by atoms with Crippen molar-refractivity contribution in [3.8, 4) is 5.75 Å². The topological polar surface area (TPSA) is 64.6 Å². The summed E-state index contributed by atoms with van der Waals surface area (Å²) < 4.78 is 10.7. The second-order valence-electron chi connectivity index (χ2n) is 6.40. The minimum Gasteiger partial charge on any atom is -0.488 e. The Kier molecular flexibility index (Phi) is 8.14. The summed E-state index contributed by atoms with van der Waals surface area (Å²) in [5, 5.41) is 3.25. The van der Waals surface area contributed by atoms with Crippen molar-refractivity contribution in [1.82, 2.24) is 5.32 Å². The predicted molar refractivity (Wildman–Crippen MR) is 105 cm³/mol. The number of ether oxygens (including phenoxy) is 2. The summed E-state index contributed by atoms with van der Waals surface area (Å²) in [4.78, 5) is 24.6. The number of benzene rings is 2. The number of halogens is 1. The summed E-state index contributed by atoms with van der Waals surface area (Å²) in [6, 6.07) is 15.7. The third kappa shape index (κ3) is 6.94. The van der Waals surface area contributed by atoms with E-state index in [1.54, 1.807) is 18.2 Å². The van der Waals surface area contributed by atoms with Gasteiger partial charge >= 0.3 is 5.97 Å². The van der Waals surface area contributed by atoms with Gasteiger partial charge in [0.1, 0.15) is 25.0 Å². The molecule has 0 fully saturated rings. The Labute approximate surface area is 164 Å². The lowest BCUT2D eigenvalue weighted by Crippen LogP contribution is -2.46. The maximum Gasteiger partial charge on any atom is 0.329 e. The van der Waals surface area contributed by atoms with Gasteiger partial charge in [0.15, 0.2) is 0 Å². The van der Waals surface area contributed by atoms with E-state index < -0.39 is 12.0 Å². The zero-order valence-corrected chi connectivity index (χ0v) is 16.2. The molecule has 0 saturated carbocycles. The van der Waals surface area contributed by atoms with E-state index in [0.717, 1.165) is 5.56 Å². The highest BCUT2D eigenvalue weighted by Crippen LogP contribution is 2.22. The first-order chi connectivity index (χ1) is 13.0. The number of para-hydroxylation sites is 1. The van der Waals surface area contributed by atoms with Gasteiger partial charge < -0.3 is 14.8 Å². The molecule has 144 valence electrons. The quantitative estimate of drug-likeness (QED) is 0.525. The largest absolute Gasteiger partial charge is 0.488 e. The highest BCUT2D eigenvalue weighted by Gasteiger charge is 2.25. The van der Waals surface area contributed by atoms with E-state index in [2.05, 4.69) is 5.32 Å². The van der Waals surface area contributed by atoms with Gasteiger partial charge in [0.2, 0.25) is 5.91 Å². The van der Waals surface area contributed by atoms with Crippen LogP contribution in [0.5, 0.6) is 5.75 Å². The molecule has 0 spiro atoms. The van der Waals surface area contributed by atoms with Gasteiger partial charge in [-0.3, -0.25) is 4.79 Å². The lowest BCUT2D eigenvalue weighted by atomic mass is 10.0. The molecule has 5 nitrogen and oxygen atoms in total. The minimum absolute atomic E-state index is 0.0713. The number of amides is 1. The van der Waals surface area contributed by atoms with Crippen molar-refractivity contribution < 1.29 is 19.1 Å². The van der Waals surface area contributed by atoms with E-state index >= 15 is 0 Å². The summed E-state index contributed by atoms with van der Waals surface area (Å²) in [7, 11) is 0. The van der Waals surface area contributed by atoms with Crippen LogP contribution >= 0.6 is 11.6 Å². The van der Waals surface area contributed by atoms with Crippen molar-refractivity contribution in [3.63, 3.8) is 0 Å². The van der Waals surface area contributed by atoms with Gasteiger partial charge in [-0.25, -0.2) is 4.79 Å². The molecule has 0 saturated heterocycles. The average molecular weight is 390 g/mol. The van der Waals surface area contributed by atoms with Crippen LogP contribution in [-0.2, 0) is 20.7 Å². The van der Waals surface area contributed by atoms with Gasteiger partial charge in [-0.15, -0.1) is 0 Å². The van der Waals surface area contributed by atoms with Crippen molar-refractivity contribution in [1.29, 1.82) is 0 Å². The molecule has 0 bridgehead atoms. The Morgan fingerprint density at radius 2 is 1.67 bits per heavy atom. The SMILES string of the molecule is CC(C)[C@H](NC(=O)Cc1ccccc1)C(=O)OCCOc1ccccc1Cl. The molecule has 0 unspecified atom stereocenters. The second-order valence-corrected chi connectivity index (χ2v) is 6.81. The first-order valence-corrected chi connectivity index (χ1v) is 9.22. The van der Waals surface area contributed by atoms with Crippen LogP contribution in [0.2, 0.25) is 5.02 Å². The highest BCUT2D eigenvalue weighted by atomic mass is 35.5. The highest BCUT2D eigenvalue weighted by molar-refractivity contribution is 6.32. The summed E-state index contributed by atoms with van der Waals surface area (Å²) in [5.74, 6) is -0.258. The van der Waals surface area contributed by atoms with Crippen LogP contribution in [0.4, 0.5) is 0 Å². The molecule has 2 aromatic carbocycles. The molecule has 27 heavy (non-hydrogen) atoms. The molecule has 2 aromatic rings. The zero-order valence-electron chi connectivity index (χ0n) is 15.5. The number of esters is 1. The molecule has 1 amide bonds. The fourth-order valence-electron chi connectivity index (χ4n) is 2.45. The number of carbonyl (C=O) groups is 2. The van der Waals surface area contributed by atoms with Crippen LogP contribution < -0.4 is 10.1 Å². The third-order valence-corrected chi connectivity index (χ3v) is 4.18. The lowest BCUT2D eigenvalue weighted by Gasteiger charge is -2.21. The van der Waals surface area contributed by atoms with Gasteiger partial charge in [-0.1, -0.05) is 67.9 Å². The van der Waals surface area contributed by atoms with E-state index in [1.165, 1.54) is 0 Å². The van der Waals surface area contributed by atoms with E-state index in [-0.39, 0.29) is 31.5 Å². The molecule has 0 aliphatic rings. The lowest BCUT2D eigenvalue weighted by molar-refractivity contribution is -0.149. The molecule has 0 aromatic heterocycles. The second kappa shape index (κ2) is 10.6. The molecular formula is C21H24ClNO4. The van der Waals surface area contributed by atoms with Crippen molar-refractivity contribution in [2.24, 2.45) is 5.92 Å². The van der Waals surface area contributed by atoms with Gasteiger partial charge in [0.05, 0.1) is 11.4 Å². The van der Waals surface area contributed by atoms with Gasteiger partial charge in [0, 0.05) is 0 Å². The summed E-state index contributed by atoms with van der Waals surface area (Å²) in [5.41, 5.74) is 0.888. The standard InChI is InChI=1S/C21H24ClNO4/c1-15(2)20(23-19(24)14-16-8-4-3-5-9-16)21(25)27-13-12-26-18-11-7-6-10-17(18)22/h3-11,15,20H,12-14H2,1-2H3,(H,23,24)/t20-/m0/s1. The fraction of sp³-hybridized carbons (Fsp3) is 0.333. The number of nitrogens with one attached hydrogen (secondary N) is 1. The third-order valence-electron chi connectivity index (χ3n) is 3.87. The number of hydrogen-bond donors (Lipinski definition) is 1. The van der Waals surface area contributed by atoms with Crippen LogP contribution in [0.3, 0.4) is 0 Å². The maximum absolute atomic E-state index is 12.3. The van der Waals surface area contributed by atoms with Gasteiger partial charge in [-0.05, 0) is 23.6 Å². The van der Waals surface area contributed by atoms with Crippen molar-refractivity contribution in [2.45, 2.75) is 26.3 Å². The van der Waals surface area contributed by atoms with Crippen LogP contribution in [0, 0.1) is 5.92 Å². The van der Waals surface area contributed by atoms with Crippen LogP contribution in [0.25, 0.3) is 0 Å². The van der Waals surface area contributed by atoms with E-state index in [4.69, 9.17) is 21.1 Å². The molecule has 1 N–H and O–H groups in total. The molecule has 2 rings (SSSR count). The average Bonchev–Trinajstić information content (AvgIpc) is 2.65. The summed E-state index contributed by atoms with van der Waals surface area (Å²) in [6.07, 6.45) is 0.215. The molecule has 6 heteroatoms. The molecule has 1 atom stereocenters. The van der Waals surface area contributed by atoms with Crippen LogP contribution in [-0.4, -0.2) is 31.1 Å². The van der Waals surface area contributed by atoms with Crippen LogP contribution in [0.15, 0.2) is 54.6 Å². The Morgan fingerprint density at radius 1 is 1.00 bits per heavy atom. The monoisotopic (exact) mass is 389 g/mol. The maximum atomic E-state index is 12.3. The Bertz CT molecular complexity index is 749. The summed E-state index contributed by atoms with van der Waals surface area (Å²) in [6.45, 7) is 3.96. The van der Waals surface area contributed by atoms with Crippen molar-refractivity contribution >= 4 is 23.5 Å². The minimum atomic E-state index is -0.707. The van der Waals surface area contributed by atoms with Crippen molar-refractivity contribution in [3.05, 3.63) is 65.2 Å². The van der Waals surface area contributed by atoms with E-state index in [1.807, 2.05) is 50.2 Å². The van der Waals surface area contributed by atoms with Gasteiger partial charge in [0.25, 0.3) is 0 Å². The number of hydrogen-bond acceptors (Lipinski definition) is 4. The summed E-state index contributed by atoms with van der Waals surface area (Å²) >= 11 is 6.00. The van der Waals surface area contributed by atoms with Crippen molar-refractivity contribution in [2.75, 3.05) is 13.2 Å². The normalized spacial score (nSPS) is 11.7. The molecular weight excluding hydrogens is 366 g/mol. The smallest absolute Gasteiger partial charge is 0.329 e. The molecule has 0 radical (unpaired) electrons. The first kappa shape index (κ1) is 20.8. The van der Waals surface area contributed by atoms with E-state index in [0.29, 0.717) is 10.8 Å². The zero-order chi connectivity index (χ0) is 19.6. The number of rotatable bonds is 9. The van der Waals surface area contributed by atoms with Crippen LogP contribution in [0.1, 0.15) is 19.4 Å². The molecule has 0 aliphatic carbocycles. The Morgan fingerprint density at radius 3 is 2.33 bits per heavy atom. The Balaban J connectivity index is 1.80. The van der Waals surface area contributed by atoms with E-state index in [9.17, 15) is 9.59 Å². The predicted octanol–water partition coefficient (Wildman–Crippen LogP) is 3.65. The fourth-order valence-corrected chi connectivity index (χ4v) is 2.64.